The zero-order chi connectivity index (χ0) is 16.4. The number of nitrogens with one attached hydrogen (secondary N) is 2. The summed E-state index contributed by atoms with van der Waals surface area (Å²) in [5.74, 6) is -0.288. The number of halogens is 1. The Morgan fingerprint density at radius 2 is 2.13 bits per heavy atom. The molecule has 2 aromatic carbocycles. The van der Waals surface area contributed by atoms with Gasteiger partial charge in [-0.3, -0.25) is 10.1 Å². The summed E-state index contributed by atoms with van der Waals surface area (Å²) in [7, 11) is 0. The number of hydrogen-bond donors (Lipinski definition) is 2. The number of hydrogen-bond acceptors (Lipinski definition) is 4. The quantitative estimate of drug-likeness (QED) is 0.892. The Morgan fingerprint density at radius 1 is 1.30 bits per heavy atom. The zero-order valence-electron chi connectivity index (χ0n) is 12.1. The van der Waals surface area contributed by atoms with Crippen molar-refractivity contribution in [1.82, 2.24) is 0 Å². The first-order chi connectivity index (χ1) is 11.0. The fourth-order valence-electron chi connectivity index (χ4n) is 2.09. The third kappa shape index (κ3) is 3.39. The molecule has 1 unspecified atom stereocenters. The highest BCUT2D eigenvalue weighted by Gasteiger charge is 2.27. The highest BCUT2D eigenvalue weighted by molar-refractivity contribution is 5.98. The molecule has 3 rings (SSSR count). The van der Waals surface area contributed by atoms with E-state index < -0.39 is 18.4 Å². The molecule has 0 aliphatic carbocycles. The molecule has 118 valence electrons. The number of benzene rings is 2. The number of fused-ring (bicyclic) bond motifs is 1. The van der Waals surface area contributed by atoms with Crippen LogP contribution < -0.4 is 20.1 Å². The van der Waals surface area contributed by atoms with E-state index in [9.17, 15) is 14.0 Å². The standard InChI is InChI=1S/C16H13FN2O4/c1-9-3-2-4-11(7-9)22-16(21)18-10-5-6-13-12(8-10)19-15(20)14(17)23-13/h2-8,14H,1H3,(H,18,21)(H,19,20). The Bertz CT molecular complexity index is 778. The summed E-state index contributed by atoms with van der Waals surface area (Å²) in [6, 6.07) is 11.5. The highest BCUT2D eigenvalue weighted by Crippen LogP contribution is 2.32. The van der Waals surface area contributed by atoms with E-state index in [4.69, 9.17) is 9.47 Å². The zero-order valence-corrected chi connectivity index (χ0v) is 12.1. The fraction of sp³-hybridized carbons (Fsp3) is 0.125. The maximum absolute atomic E-state index is 13.1. The van der Waals surface area contributed by atoms with Crippen LogP contribution >= 0.6 is 0 Å². The Balaban J connectivity index is 1.70. The normalized spacial score (nSPS) is 15.9. The van der Waals surface area contributed by atoms with Crippen molar-refractivity contribution < 1.29 is 23.5 Å². The first-order valence-electron chi connectivity index (χ1n) is 6.82. The Kier molecular flexibility index (Phi) is 3.84. The fourth-order valence-corrected chi connectivity index (χ4v) is 2.09. The van der Waals surface area contributed by atoms with Crippen molar-refractivity contribution in [2.75, 3.05) is 10.6 Å². The van der Waals surface area contributed by atoms with Crippen molar-refractivity contribution in [3.63, 3.8) is 0 Å². The predicted octanol–water partition coefficient (Wildman–Crippen LogP) is 3.23. The van der Waals surface area contributed by atoms with Crippen molar-refractivity contribution in [3.8, 4) is 11.5 Å². The molecule has 1 heterocycles. The van der Waals surface area contributed by atoms with Crippen molar-refractivity contribution in [3.05, 3.63) is 48.0 Å². The Morgan fingerprint density at radius 3 is 2.91 bits per heavy atom. The van der Waals surface area contributed by atoms with Gasteiger partial charge in [0, 0.05) is 5.69 Å². The average Bonchev–Trinajstić information content (AvgIpc) is 2.48. The van der Waals surface area contributed by atoms with E-state index in [2.05, 4.69) is 10.6 Å². The number of amides is 2. The molecule has 7 heteroatoms. The van der Waals surface area contributed by atoms with Gasteiger partial charge in [-0.05, 0) is 42.8 Å². The molecule has 1 aliphatic heterocycles. The highest BCUT2D eigenvalue weighted by atomic mass is 19.1. The lowest BCUT2D eigenvalue weighted by Crippen LogP contribution is -2.33. The van der Waals surface area contributed by atoms with Gasteiger partial charge in [-0.1, -0.05) is 12.1 Å². The van der Waals surface area contributed by atoms with Crippen LogP contribution in [0.2, 0.25) is 0 Å². The SMILES string of the molecule is Cc1cccc(OC(=O)Nc2ccc3c(c2)NC(=O)C(F)O3)c1. The summed E-state index contributed by atoms with van der Waals surface area (Å²) in [5.41, 5.74) is 1.62. The smallest absolute Gasteiger partial charge is 0.417 e. The van der Waals surface area contributed by atoms with Crippen LogP contribution in [0.15, 0.2) is 42.5 Å². The summed E-state index contributed by atoms with van der Waals surface area (Å²) < 4.78 is 23.1. The molecule has 0 spiro atoms. The van der Waals surface area contributed by atoms with Gasteiger partial charge in [0.05, 0.1) is 5.69 Å². The molecule has 1 atom stereocenters. The predicted molar refractivity (Wildman–Crippen MR) is 81.4 cm³/mol. The largest absolute Gasteiger partial charge is 0.450 e. The van der Waals surface area contributed by atoms with Crippen molar-refractivity contribution in [2.45, 2.75) is 13.3 Å². The Labute approximate surface area is 131 Å². The van der Waals surface area contributed by atoms with E-state index in [-0.39, 0.29) is 11.4 Å². The number of anilines is 2. The van der Waals surface area contributed by atoms with Gasteiger partial charge in [0.15, 0.2) is 0 Å². The van der Waals surface area contributed by atoms with Crippen LogP contribution in [0.1, 0.15) is 5.56 Å². The summed E-state index contributed by atoms with van der Waals surface area (Å²) >= 11 is 0. The van der Waals surface area contributed by atoms with Gasteiger partial charge in [-0.2, -0.15) is 4.39 Å². The Hall–Kier alpha value is -3.09. The van der Waals surface area contributed by atoms with Gasteiger partial charge in [-0.25, -0.2) is 4.79 Å². The van der Waals surface area contributed by atoms with Crippen molar-refractivity contribution in [2.24, 2.45) is 0 Å². The summed E-state index contributed by atoms with van der Waals surface area (Å²) in [5, 5.41) is 4.87. The van der Waals surface area contributed by atoms with Crippen LogP contribution in [0.25, 0.3) is 0 Å². The van der Waals surface area contributed by atoms with E-state index in [0.717, 1.165) is 5.56 Å². The second-order valence-corrected chi connectivity index (χ2v) is 4.97. The lowest BCUT2D eigenvalue weighted by molar-refractivity contribution is -0.130. The molecule has 6 nitrogen and oxygen atoms in total. The molecule has 2 N–H and O–H groups in total. The van der Waals surface area contributed by atoms with Crippen LogP contribution in [0.5, 0.6) is 11.5 Å². The lowest BCUT2D eigenvalue weighted by Gasteiger charge is -2.21. The summed E-state index contributed by atoms with van der Waals surface area (Å²) in [6.45, 7) is 1.88. The van der Waals surface area contributed by atoms with Gasteiger partial charge < -0.3 is 14.8 Å². The van der Waals surface area contributed by atoms with E-state index in [1.54, 1.807) is 18.2 Å². The van der Waals surface area contributed by atoms with E-state index >= 15 is 0 Å². The number of ether oxygens (including phenoxy) is 2. The van der Waals surface area contributed by atoms with E-state index in [1.807, 2.05) is 13.0 Å². The van der Waals surface area contributed by atoms with E-state index in [0.29, 0.717) is 11.4 Å². The van der Waals surface area contributed by atoms with Crippen molar-refractivity contribution >= 4 is 23.4 Å². The molecule has 0 saturated heterocycles. The molecule has 0 fully saturated rings. The minimum atomic E-state index is -2.03. The van der Waals surface area contributed by atoms with Crippen LogP contribution in [0, 0.1) is 6.92 Å². The third-order valence-corrected chi connectivity index (χ3v) is 3.12. The minimum absolute atomic E-state index is 0.190. The van der Waals surface area contributed by atoms with Crippen LogP contribution in [-0.4, -0.2) is 18.4 Å². The molecule has 23 heavy (non-hydrogen) atoms. The van der Waals surface area contributed by atoms with Crippen LogP contribution in [-0.2, 0) is 4.79 Å². The maximum atomic E-state index is 13.1. The van der Waals surface area contributed by atoms with Gasteiger partial charge in [0.25, 0.3) is 5.91 Å². The van der Waals surface area contributed by atoms with Gasteiger partial charge >= 0.3 is 12.5 Å². The van der Waals surface area contributed by atoms with Gasteiger partial charge in [0.2, 0.25) is 0 Å². The monoisotopic (exact) mass is 316 g/mol. The lowest BCUT2D eigenvalue weighted by atomic mass is 10.2. The molecule has 0 saturated carbocycles. The number of alkyl halides is 1. The molecule has 0 radical (unpaired) electrons. The number of carbonyl (C=O) groups excluding carboxylic acids is 2. The summed E-state index contributed by atoms with van der Waals surface area (Å²) in [4.78, 5) is 23.1. The second-order valence-electron chi connectivity index (χ2n) is 4.97. The molecule has 0 aromatic heterocycles. The van der Waals surface area contributed by atoms with E-state index in [1.165, 1.54) is 18.2 Å². The minimum Gasteiger partial charge on any atom is -0.450 e. The number of carbonyl (C=O) groups is 2. The first-order valence-corrected chi connectivity index (χ1v) is 6.82. The molecule has 1 aliphatic rings. The van der Waals surface area contributed by atoms with Crippen molar-refractivity contribution in [1.29, 1.82) is 0 Å². The van der Waals surface area contributed by atoms with Gasteiger partial charge in [-0.15, -0.1) is 0 Å². The van der Waals surface area contributed by atoms with Crippen LogP contribution in [0.3, 0.4) is 0 Å². The van der Waals surface area contributed by atoms with Crippen LogP contribution in [0.4, 0.5) is 20.6 Å². The number of aryl methyl sites for hydroxylation is 1. The molecular formula is C16H13FN2O4. The molecule has 2 amide bonds. The third-order valence-electron chi connectivity index (χ3n) is 3.12. The topological polar surface area (TPSA) is 76.7 Å². The molecule has 0 bridgehead atoms. The first kappa shape index (κ1) is 14.8. The molecule has 2 aromatic rings. The maximum Gasteiger partial charge on any atom is 0.417 e. The average molecular weight is 316 g/mol. The summed E-state index contributed by atoms with van der Waals surface area (Å²) in [6.07, 6.45) is -2.71. The second kappa shape index (κ2) is 5.96. The molecular weight excluding hydrogens is 303 g/mol. The number of rotatable bonds is 2. The van der Waals surface area contributed by atoms with Gasteiger partial charge in [0.1, 0.15) is 11.5 Å².